The number of ether oxygens (including phenoxy) is 1. The van der Waals surface area contributed by atoms with Crippen molar-refractivity contribution < 1.29 is 14.3 Å². The monoisotopic (exact) mass is 449 g/mol. The molecule has 1 aliphatic heterocycles. The first-order chi connectivity index (χ1) is 15.9. The maximum absolute atomic E-state index is 12.3. The number of nitrogens with one attached hydrogen (secondary N) is 1. The van der Waals surface area contributed by atoms with Gasteiger partial charge in [0.1, 0.15) is 11.6 Å². The average Bonchev–Trinajstić information content (AvgIpc) is 3.12. The zero-order chi connectivity index (χ0) is 23.4. The van der Waals surface area contributed by atoms with Crippen LogP contribution in [-0.4, -0.2) is 64.0 Å². The fraction of sp³-hybridized carbons (Fsp3) is 0.400. The lowest BCUT2D eigenvalue weighted by atomic mass is 10.2. The Balaban J connectivity index is 1.36. The van der Waals surface area contributed by atoms with Crippen molar-refractivity contribution in [3.05, 3.63) is 53.9 Å². The van der Waals surface area contributed by atoms with Gasteiger partial charge in [-0.25, -0.2) is 4.98 Å². The number of hydrogen-bond donors (Lipinski definition) is 1. The zero-order valence-electron chi connectivity index (χ0n) is 19.5. The maximum atomic E-state index is 12.3. The van der Waals surface area contributed by atoms with E-state index < -0.39 is 0 Å². The minimum Gasteiger partial charge on any atom is -0.484 e. The third kappa shape index (κ3) is 5.51. The Morgan fingerprint density at radius 3 is 2.61 bits per heavy atom. The molecule has 0 unspecified atom stereocenters. The van der Waals surface area contributed by atoms with Crippen molar-refractivity contribution in [2.45, 2.75) is 26.8 Å². The van der Waals surface area contributed by atoms with Gasteiger partial charge in [0.2, 0.25) is 5.91 Å². The molecule has 0 saturated carbocycles. The maximum Gasteiger partial charge on any atom is 0.262 e. The van der Waals surface area contributed by atoms with E-state index in [-0.39, 0.29) is 18.4 Å². The summed E-state index contributed by atoms with van der Waals surface area (Å²) in [6.07, 6.45) is 0.557. The summed E-state index contributed by atoms with van der Waals surface area (Å²) in [6.45, 7) is 7.77. The number of piperazine rings is 1. The molecule has 2 amide bonds. The van der Waals surface area contributed by atoms with Gasteiger partial charge in [-0.1, -0.05) is 19.1 Å². The summed E-state index contributed by atoms with van der Waals surface area (Å²) in [7, 11) is 2.01. The van der Waals surface area contributed by atoms with Gasteiger partial charge in [0.05, 0.1) is 17.6 Å². The van der Waals surface area contributed by atoms with Crippen molar-refractivity contribution in [3.8, 4) is 5.75 Å². The number of rotatable bonds is 7. The standard InChI is InChI=1S/C25H31N5O3/c1-4-25(32)30-12-10-29(11-13-30)16-23-27-21-15-19(8-9-22(21)28(23)3)26-24(31)17-33-20-7-5-6-18(2)14-20/h5-9,14-15H,4,10-13,16-17H2,1-3H3,(H,26,31). The number of anilines is 1. The van der Waals surface area contributed by atoms with Crippen LogP contribution in [0.3, 0.4) is 0 Å². The number of carbonyl (C=O) groups excluding carboxylic acids is 2. The van der Waals surface area contributed by atoms with E-state index in [0.717, 1.165) is 55.1 Å². The molecule has 0 radical (unpaired) electrons. The zero-order valence-corrected chi connectivity index (χ0v) is 19.5. The molecule has 0 spiro atoms. The predicted molar refractivity (Wildman–Crippen MR) is 128 cm³/mol. The first-order valence-electron chi connectivity index (χ1n) is 11.4. The van der Waals surface area contributed by atoms with Gasteiger partial charge in [0.25, 0.3) is 5.91 Å². The molecule has 1 fully saturated rings. The topological polar surface area (TPSA) is 79.7 Å². The first-order valence-corrected chi connectivity index (χ1v) is 11.4. The second-order valence-corrected chi connectivity index (χ2v) is 8.45. The van der Waals surface area contributed by atoms with E-state index in [1.165, 1.54) is 0 Å². The molecule has 33 heavy (non-hydrogen) atoms. The lowest BCUT2D eigenvalue weighted by Crippen LogP contribution is -2.48. The Hall–Kier alpha value is -3.39. The molecule has 1 aromatic heterocycles. The summed E-state index contributed by atoms with van der Waals surface area (Å²) in [5, 5.41) is 2.89. The Morgan fingerprint density at radius 1 is 1.09 bits per heavy atom. The number of aryl methyl sites for hydroxylation is 2. The molecule has 1 saturated heterocycles. The van der Waals surface area contributed by atoms with Crippen LogP contribution < -0.4 is 10.1 Å². The van der Waals surface area contributed by atoms with Crippen LogP contribution in [0.1, 0.15) is 24.7 Å². The second kappa shape index (κ2) is 10.0. The van der Waals surface area contributed by atoms with Gasteiger partial charge >= 0.3 is 0 Å². The van der Waals surface area contributed by atoms with Crippen LogP contribution in [-0.2, 0) is 23.2 Å². The molecular weight excluding hydrogens is 418 g/mol. The Kier molecular flexibility index (Phi) is 6.93. The SMILES string of the molecule is CCC(=O)N1CCN(Cc2nc3cc(NC(=O)COc4cccc(C)c4)ccc3n2C)CC1. The third-order valence-electron chi connectivity index (χ3n) is 6.01. The highest BCUT2D eigenvalue weighted by atomic mass is 16.5. The molecule has 174 valence electrons. The number of benzene rings is 2. The highest BCUT2D eigenvalue weighted by Gasteiger charge is 2.21. The molecule has 1 aliphatic rings. The largest absolute Gasteiger partial charge is 0.484 e. The van der Waals surface area contributed by atoms with Crippen LogP contribution >= 0.6 is 0 Å². The average molecular weight is 450 g/mol. The van der Waals surface area contributed by atoms with Crippen LogP contribution in [0.25, 0.3) is 11.0 Å². The highest BCUT2D eigenvalue weighted by molar-refractivity contribution is 5.94. The Bertz CT molecular complexity index is 1150. The lowest BCUT2D eigenvalue weighted by molar-refractivity contribution is -0.132. The van der Waals surface area contributed by atoms with Crippen LogP contribution in [0, 0.1) is 6.92 Å². The van der Waals surface area contributed by atoms with Crippen LogP contribution in [0.2, 0.25) is 0 Å². The van der Waals surface area contributed by atoms with Crippen molar-refractivity contribution in [1.82, 2.24) is 19.4 Å². The number of hydrogen-bond acceptors (Lipinski definition) is 5. The molecule has 4 rings (SSSR count). The summed E-state index contributed by atoms with van der Waals surface area (Å²) in [6, 6.07) is 13.4. The normalized spacial score (nSPS) is 14.5. The fourth-order valence-electron chi connectivity index (χ4n) is 4.10. The fourth-order valence-corrected chi connectivity index (χ4v) is 4.10. The van der Waals surface area contributed by atoms with E-state index in [4.69, 9.17) is 9.72 Å². The number of aromatic nitrogens is 2. The van der Waals surface area contributed by atoms with E-state index in [2.05, 4.69) is 14.8 Å². The van der Waals surface area contributed by atoms with Crippen LogP contribution in [0.4, 0.5) is 5.69 Å². The molecule has 0 aliphatic carbocycles. The molecule has 8 heteroatoms. The molecule has 2 heterocycles. The molecule has 2 aromatic carbocycles. The van der Waals surface area contributed by atoms with Gasteiger partial charge in [-0.05, 0) is 42.8 Å². The summed E-state index contributed by atoms with van der Waals surface area (Å²) in [4.78, 5) is 33.3. The number of amides is 2. The van der Waals surface area contributed by atoms with Crippen molar-refractivity contribution in [2.24, 2.45) is 7.05 Å². The molecule has 8 nitrogen and oxygen atoms in total. The summed E-state index contributed by atoms with van der Waals surface area (Å²) >= 11 is 0. The number of fused-ring (bicyclic) bond motifs is 1. The number of imidazole rings is 1. The Labute approximate surface area is 194 Å². The van der Waals surface area contributed by atoms with Crippen molar-refractivity contribution in [1.29, 1.82) is 0 Å². The predicted octanol–water partition coefficient (Wildman–Crippen LogP) is 2.95. The minimum absolute atomic E-state index is 0.0541. The van der Waals surface area contributed by atoms with E-state index in [0.29, 0.717) is 17.9 Å². The van der Waals surface area contributed by atoms with E-state index in [1.54, 1.807) is 0 Å². The lowest BCUT2D eigenvalue weighted by Gasteiger charge is -2.34. The quantitative estimate of drug-likeness (QED) is 0.600. The van der Waals surface area contributed by atoms with Gasteiger partial charge < -0.3 is 19.5 Å². The van der Waals surface area contributed by atoms with Crippen molar-refractivity contribution in [2.75, 3.05) is 38.1 Å². The van der Waals surface area contributed by atoms with Gasteiger partial charge in [-0.2, -0.15) is 0 Å². The molecular formula is C25H31N5O3. The van der Waals surface area contributed by atoms with Gasteiger partial charge in [-0.15, -0.1) is 0 Å². The highest BCUT2D eigenvalue weighted by Crippen LogP contribution is 2.21. The summed E-state index contributed by atoms with van der Waals surface area (Å²) in [5.74, 6) is 1.64. The van der Waals surface area contributed by atoms with Crippen molar-refractivity contribution in [3.63, 3.8) is 0 Å². The second-order valence-electron chi connectivity index (χ2n) is 8.45. The van der Waals surface area contributed by atoms with Crippen LogP contribution in [0.5, 0.6) is 5.75 Å². The van der Waals surface area contributed by atoms with E-state index >= 15 is 0 Å². The first kappa shape index (κ1) is 22.8. The van der Waals surface area contributed by atoms with E-state index in [1.807, 2.05) is 68.3 Å². The molecule has 0 bridgehead atoms. The Morgan fingerprint density at radius 2 is 1.88 bits per heavy atom. The van der Waals surface area contributed by atoms with Gasteiger partial charge in [0.15, 0.2) is 6.61 Å². The van der Waals surface area contributed by atoms with Crippen molar-refractivity contribution >= 4 is 28.5 Å². The summed E-state index contributed by atoms with van der Waals surface area (Å²) in [5.41, 5.74) is 3.63. The van der Waals surface area contributed by atoms with E-state index in [9.17, 15) is 9.59 Å². The summed E-state index contributed by atoms with van der Waals surface area (Å²) < 4.78 is 7.67. The minimum atomic E-state index is -0.216. The smallest absolute Gasteiger partial charge is 0.262 e. The number of nitrogens with zero attached hydrogens (tertiary/aromatic N) is 4. The molecule has 1 N–H and O–H groups in total. The van der Waals surface area contributed by atoms with Gasteiger partial charge in [-0.3, -0.25) is 14.5 Å². The number of carbonyl (C=O) groups is 2. The third-order valence-corrected chi connectivity index (χ3v) is 6.01. The van der Waals surface area contributed by atoms with Crippen LogP contribution in [0.15, 0.2) is 42.5 Å². The van der Waals surface area contributed by atoms with Gasteiger partial charge in [0, 0.05) is 45.3 Å². The molecule has 3 aromatic rings. The molecule has 0 atom stereocenters.